The molecule has 0 atom stereocenters. The molecule has 0 aliphatic rings. The summed E-state index contributed by atoms with van der Waals surface area (Å²) in [5, 5.41) is 12.6. The molecule has 4 nitrogen and oxygen atoms in total. The largest absolute Gasteiger partial charge is 0.435 e. The Morgan fingerprint density at radius 3 is 2.65 bits per heavy atom. The van der Waals surface area contributed by atoms with Crippen LogP contribution in [0.1, 0.15) is 16.8 Å². The van der Waals surface area contributed by atoms with E-state index in [1.165, 1.54) is 12.4 Å². The molecular formula is C12H11ClF3N3O. The van der Waals surface area contributed by atoms with Crippen LogP contribution in [0.3, 0.4) is 0 Å². The maximum atomic E-state index is 12.8. The van der Waals surface area contributed by atoms with Crippen molar-refractivity contribution in [1.82, 2.24) is 14.8 Å². The van der Waals surface area contributed by atoms with Gasteiger partial charge >= 0.3 is 6.18 Å². The lowest BCUT2D eigenvalue weighted by Gasteiger charge is -2.05. The van der Waals surface area contributed by atoms with Crippen molar-refractivity contribution in [3.8, 4) is 0 Å². The Labute approximate surface area is 117 Å². The van der Waals surface area contributed by atoms with Crippen LogP contribution in [0.15, 0.2) is 24.5 Å². The molecule has 0 fully saturated rings. The van der Waals surface area contributed by atoms with Gasteiger partial charge in [-0.1, -0.05) is 17.7 Å². The summed E-state index contributed by atoms with van der Waals surface area (Å²) in [5.74, 6) is 0. The van der Waals surface area contributed by atoms with Gasteiger partial charge in [0.1, 0.15) is 5.15 Å². The average molecular weight is 306 g/mol. The van der Waals surface area contributed by atoms with Crippen LogP contribution in [0.4, 0.5) is 13.2 Å². The number of hydrogen-bond donors (Lipinski definition) is 1. The topological polar surface area (TPSA) is 50.9 Å². The number of aliphatic hydroxyl groups excluding tert-OH is 1. The zero-order chi connectivity index (χ0) is 14.8. The molecule has 2 rings (SSSR count). The molecule has 0 saturated heterocycles. The maximum Gasteiger partial charge on any atom is 0.435 e. The lowest BCUT2D eigenvalue weighted by atomic mass is 10.2. The highest BCUT2D eigenvalue weighted by Gasteiger charge is 2.36. The van der Waals surface area contributed by atoms with Gasteiger partial charge in [0, 0.05) is 30.1 Å². The molecule has 0 aromatic carbocycles. The van der Waals surface area contributed by atoms with Crippen LogP contribution in [0.2, 0.25) is 5.15 Å². The number of pyridine rings is 1. The second-order valence-electron chi connectivity index (χ2n) is 4.13. The van der Waals surface area contributed by atoms with Crippen LogP contribution in [0.5, 0.6) is 0 Å². The van der Waals surface area contributed by atoms with Gasteiger partial charge in [-0.15, -0.1) is 0 Å². The first-order valence-electron chi connectivity index (χ1n) is 5.75. The molecule has 20 heavy (non-hydrogen) atoms. The zero-order valence-corrected chi connectivity index (χ0v) is 11.0. The minimum atomic E-state index is -4.55. The van der Waals surface area contributed by atoms with Crippen LogP contribution < -0.4 is 0 Å². The maximum absolute atomic E-state index is 12.8. The van der Waals surface area contributed by atoms with E-state index in [-0.39, 0.29) is 30.3 Å². The van der Waals surface area contributed by atoms with E-state index in [0.29, 0.717) is 5.56 Å². The molecular weight excluding hydrogens is 295 g/mol. The van der Waals surface area contributed by atoms with E-state index >= 15 is 0 Å². The van der Waals surface area contributed by atoms with Gasteiger partial charge in [-0.2, -0.15) is 18.3 Å². The SMILES string of the molecule is OCCc1cn(Cc2cccnc2Cl)nc1C(F)(F)F. The number of alkyl halides is 3. The molecule has 108 valence electrons. The van der Waals surface area contributed by atoms with E-state index in [9.17, 15) is 13.2 Å². The first-order valence-corrected chi connectivity index (χ1v) is 6.13. The summed E-state index contributed by atoms with van der Waals surface area (Å²) >= 11 is 5.86. The van der Waals surface area contributed by atoms with Gasteiger partial charge in [-0.05, 0) is 12.5 Å². The molecule has 2 heterocycles. The molecule has 1 N–H and O–H groups in total. The van der Waals surface area contributed by atoms with Crippen LogP contribution in [-0.2, 0) is 19.1 Å². The van der Waals surface area contributed by atoms with E-state index in [1.807, 2.05) is 0 Å². The third kappa shape index (κ3) is 3.29. The Morgan fingerprint density at radius 1 is 1.30 bits per heavy atom. The zero-order valence-electron chi connectivity index (χ0n) is 10.2. The van der Waals surface area contributed by atoms with Crippen LogP contribution in [0, 0.1) is 0 Å². The van der Waals surface area contributed by atoms with Crippen LogP contribution in [0.25, 0.3) is 0 Å². The number of hydrogen-bond acceptors (Lipinski definition) is 3. The van der Waals surface area contributed by atoms with Crippen LogP contribution >= 0.6 is 11.6 Å². The normalized spacial score (nSPS) is 11.8. The highest BCUT2D eigenvalue weighted by Crippen LogP contribution is 2.31. The summed E-state index contributed by atoms with van der Waals surface area (Å²) in [6, 6.07) is 3.31. The van der Waals surface area contributed by atoms with E-state index in [4.69, 9.17) is 16.7 Å². The van der Waals surface area contributed by atoms with E-state index < -0.39 is 11.9 Å². The summed E-state index contributed by atoms with van der Waals surface area (Å²) in [7, 11) is 0. The third-order valence-electron chi connectivity index (χ3n) is 2.66. The van der Waals surface area contributed by atoms with Crippen molar-refractivity contribution >= 4 is 11.6 Å². The number of nitrogens with zero attached hydrogens (tertiary/aromatic N) is 3. The van der Waals surface area contributed by atoms with Gasteiger partial charge in [0.05, 0.1) is 6.54 Å². The van der Waals surface area contributed by atoms with Crippen molar-refractivity contribution < 1.29 is 18.3 Å². The smallest absolute Gasteiger partial charge is 0.396 e. The summed E-state index contributed by atoms with van der Waals surface area (Å²) in [5.41, 5.74) is -0.451. The monoisotopic (exact) mass is 305 g/mol. The van der Waals surface area contributed by atoms with Crippen molar-refractivity contribution in [3.05, 3.63) is 46.5 Å². The number of rotatable bonds is 4. The molecule has 0 radical (unpaired) electrons. The van der Waals surface area contributed by atoms with Gasteiger partial charge in [0.2, 0.25) is 0 Å². The molecule has 0 saturated carbocycles. The molecule has 0 amide bonds. The summed E-state index contributed by atoms with van der Waals surface area (Å²) in [6.45, 7) is -0.288. The predicted molar refractivity (Wildman–Crippen MR) is 66.4 cm³/mol. The second-order valence-corrected chi connectivity index (χ2v) is 4.48. The Balaban J connectivity index is 2.32. The molecule has 0 bridgehead atoms. The fraction of sp³-hybridized carbons (Fsp3) is 0.333. The first-order chi connectivity index (χ1) is 9.41. The van der Waals surface area contributed by atoms with Gasteiger partial charge in [-0.25, -0.2) is 4.98 Å². The minimum Gasteiger partial charge on any atom is -0.396 e. The van der Waals surface area contributed by atoms with Gasteiger partial charge in [-0.3, -0.25) is 4.68 Å². The minimum absolute atomic E-state index is 0.0417. The van der Waals surface area contributed by atoms with Crippen molar-refractivity contribution in [1.29, 1.82) is 0 Å². The molecule has 2 aromatic rings. The van der Waals surface area contributed by atoms with Crippen molar-refractivity contribution in [3.63, 3.8) is 0 Å². The number of halogens is 4. The predicted octanol–water partition coefficient (Wildman–Crippen LogP) is 2.53. The quantitative estimate of drug-likeness (QED) is 0.883. The first kappa shape index (κ1) is 14.8. The van der Waals surface area contributed by atoms with E-state index in [0.717, 1.165) is 4.68 Å². The Hall–Kier alpha value is -1.60. The summed E-state index contributed by atoms with van der Waals surface area (Å²) in [4.78, 5) is 3.85. The molecule has 8 heteroatoms. The molecule has 2 aromatic heterocycles. The fourth-order valence-electron chi connectivity index (χ4n) is 1.80. The van der Waals surface area contributed by atoms with Gasteiger partial charge in [0.15, 0.2) is 5.69 Å². The van der Waals surface area contributed by atoms with Crippen molar-refractivity contribution in [2.45, 2.75) is 19.1 Å². The van der Waals surface area contributed by atoms with Crippen LogP contribution in [-0.4, -0.2) is 26.5 Å². The Bertz CT molecular complexity index is 598. The lowest BCUT2D eigenvalue weighted by molar-refractivity contribution is -0.142. The average Bonchev–Trinajstić information content (AvgIpc) is 2.76. The standard InChI is InChI=1S/C12H11ClF3N3O/c13-11-9(2-1-4-17-11)7-19-6-8(3-5-20)10(18-19)12(14,15)16/h1-2,4,6,20H,3,5,7H2. The van der Waals surface area contributed by atoms with Crippen molar-refractivity contribution in [2.24, 2.45) is 0 Å². The Morgan fingerprint density at radius 2 is 2.05 bits per heavy atom. The number of aliphatic hydroxyl groups is 1. The molecule has 0 aliphatic heterocycles. The Kier molecular flexibility index (Phi) is 4.29. The lowest BCUT2D eigenvalue weighted by Crippen LogP contribution is -2.11. The highest BCUT2D eigenvalue weighted by atomic mass is 35.5. The van der Waals surface area contributed by atoms with E-state index in [2.05, 4.69) is 10.1 Å². The molecule has 0 aliphatic carbocycles. The number of aromatic nitrogens is 3. The highest BCUT2D eigenvalue weighted by molar-refractivity contribution is 6.30. The van der Waals surface area contributed by atoms with Gasteiger partial charge < -0.3 is 5.11 Å². The molecule has 0 spiro atoms. The second kappa shape index (κ2) is 5.80. The third-order valence-corrected chi connectivity index (χ3v) is 3.00. The fourth-order valence-corrected chi connectivity index (χ4v) is 1.98. The van der Waals surface area contributed by atoms with E-state index in [1.54, 1.807) is 12.1 Å². The van der Waals surface area contributed by atoms with Crippen molar-refractivity contribution in [2.75, 3.05) is 6.61 Å². The summed E-state index contributed by atoms with van der Waals surface area (Å²) < 4.78 is 39.6. The summed E-state index contributed by atoms with van der Waals surface area (Å²) in [6.07, 6.45) is -1.89. The molecule has 0 unspecified atom stereocenters. The van der Waals surface area contributed by atoms with Gasteiger partial charge in [0.25, 0.3) is 0 Å².